The predicted octanol–water partition coefficient (Wildman–Crippen LogP) is 3.00. The van der Waals surface area contributed by atoms with Gasteiger partial charge in [0.05, 0.1) is 28.7 Å². The van der Waals surface area contributed by atoms with Crippen molar-refractivity contribution in [3.63, 3.8) is 0 Å². The SMILES string of the molecule is Cc1cccnc1CC(=O)c1cc(F)c(F)cc1[N+](=O)[O-]. The molecule has 2 aromatic rings. The molecule has 0 bridgehead atoms. The van der Waals surface area contributed by atoms with Gasteiger partial charge in [0, 0.05) is 6.20 Å². The predicted molar refractivity (Wildman–Crippen MR) is 70.0 cm³/mol. The molecule has 0 unspecified atom stereocenters. The summed E-state index contributed by atoms with van der Waals surface area (Å²) in [5.74, 6) is -3.36. The number of rotatable bonds is 4. The van der Waals surface area contributed by atoms with Gasteiger partial charge in [-0.2, -0.15) is 0 Å². The molecule has 5 nitrogen and oxygen atoms in total. The summed E-state index contributed by atoms with van der Waals surface area (Å²) >= 11 is 0. The molecular weight excluding hydrogens is 282 g/mol. The monoisotopic (exact) mass is 292 g/mol. The molecule has 0 aliphatic carbocycles. The minimum absolute atomic E-state index is 0.224. The zero-order valence-electron chi connectivity index (χ0n) is 11.0. The summed E-state index contributed by atoms with van der Waals surface area (Å²) in [4.78, 5) is 26.1. The Morgan fingerprint density at radius 2 is 2.00 bits per heavy atom. The van der Waals surface area contributed by atoms with E-state index in [9.17, 15) is 23.7 Å². The molecule has 0 N–H and O–H groups in total. The van der Waals surface area contributed by atoms with Gasteiger partial charge in [-0.3, -0.25) is 19.9 Å². The molecule has 0 amide bonds. The first kappa shape index (κ1) is 14.7. The molecule has 0 aliphatic heterocycles. The number of pyridine rings is 1. The van der Waals surface area contributed by atoms with E-state index in [1.165, 1.54) is 6.20 Å². The van der Waals surface area contributed by atoms with Crippen molar-refractivity contribution in [2.45, 2.75) is 13.3 Å². The van der Waals surface area contributed by atoms with Crippen molar-refractivity contribution < 1.29 is 18.5 Å². The van der Waals surface area contributed by atoms with Gasteiger partial charge in [-0.05, 0) is 24.6 Å². The second-order valence-electron chi connectivity index (χ2n) is 4.41. The van der Waals surface area contributed by atoms with Crippen molar-refractivity contribution in [2.24, 2.45) is 0 Å². The van der Waals surface area contributed by atoms with Gasteiger partial charge >= 0.3 is 0 Å². The van der Waals surface area contributed by atoms with Crippen molar-refractivity contribution >= 4 is 11.5 Å². The summed E-state index contributed by atoms with van der Waals surface area (Å²) in [6.45, 7) is 1.73. The Kier molecular flexibility index (Phi) is 4.02. The van der Waals surface area contributed by atoms with E-state index >= 15 is 0 Å². The summed E-state index contributed by atoms with van der Waals surface area (Å²) < 4.78 is 26.3. The van der Waals surface area contributed by atoms with Gasteiger partial charge < -0.3 is 0 Å². The van der Waals surface area contributed by atoms with Crippen LogP contribution in [0.15, 0.2) is 30.5 Å². The Labute approximate surface area is 118 Å². The number of nitro groups is 1. The molecule has 1 aromatic heterocycles. The number of benzene rings is 1. The summed E-state index contributed by atoms with van der Waals surface area (Å²) in [5.41, 5.74) is -0.0611. The van der Waals surface area contributed by atoms with E-state index in [1.807, 2.05) is 0 Å². The molecule has 1 heterocycles. The first-order chi connectivity index (χ1) is 9.90. The van der Waals surface area contributed by atoms with Crippen LogP contribution in [0, 0.1) is 28.7 Å². The van der Waals surface area contributed by atoms with Gasteiger partial charge in [0.25, 0.3) is 5.69 Å². The zero-order valence-corrected chi connectivity index (χ0v) is 11.0. The lowest BCUT2D eigenvalue weighted by Gasteiger charge is -2.05. The van der Waals surface area contributed by atoms with Gasteiger partial charge in [0.15, 0.2) is 17.4 Å². The van der Waals surface area contributed by atoms with E-state index < -0.39 is 33.6 Å². The molecule has 1 aromatic carbocycles. The van der Waals surface area contributed by atoms with Crippen molar-refractivity contribution in [1.82, 2.24) is 4.98 Å². The average molecular weight is 292 g/mol. The van der Waals surface area contributed by atoms with Crippen LogP contribution >= 0.6 is 0 Å². The topological polar surface area (TPSA) is 73.1 Å². The van der Waals surface area contributed by atoms with Gasteiger partial charge in [-0.15, -0.1) is 0 Å². The minimum Gasteiger partial charge on any atom is -0.293 e. The van der Waals surface area contributed by atoms with Gasteiger partial charge in [-0.1, -0.05) is 6.07 Å². The number of halogens is 2. The Morgan fingerprint density at radius 3 is 2.62 bits per heavy atom. The Balaban J connectivity index is 2.42. The summed E-state index contributed by atoms with van der Waals surface area (Å²) in [5, 5.41) is 10.9. The van der Waals surface area contributed by atoms with E-state index in [1.54, 1.807) is 19.1 Å². The number of nitrogens with zero attached hydrogens (tertiary/aromatic N) is 2. The van der Waals surface area contributed by atoms with E-state index in [0.29, 0.717) is 17.8 Å². The standard InChI is InChI=1S/C14H10F2N2O3/c1-8-3-2-4-17-12(8)7-14(19)9-5-10(15)11(16)6-13(9)18(20)21/h2-6H,7H2,1H3. The van der Waals surface area contributed by atoms with Crippen LogP contribution in [0.2, 0.25) is 0 Å². The lowest BCUT2D eigenvalue weighted by Crippen LogP contribution is -2.10. The van der Waals surface area contributed by atoms with Crippen molar-refractivity contribution in [1.29, 1.82) is 0 Å². The van der Waals surface area contributed by atoms with Gasteiger partial charge in [0.2, 0.25) is 0 Å². The van der Waals surface area contributed by atoms with Crippen LogP contribution in [0.1, 0.15) is 21.6 Å². The summed E-state index contributed by atoms with van der Waals surface area (Å²) in [6.07, 6.45) is 1.26. The molecule has 0 saturated carbocycles. The molecule has 7 heteroatoms. The number of carbonyl (C=O) groups excluding carboxylic acids is 1. The minimum atomic E-state index is -1.37. The molecular formula is C14H10F2N2O3. The van der Waals surface area contributed by atoms with Crippen molar-refractivity contribution in [3.05, 3.63) is 69.0 Å². The second-order valence-corrected chi connectivity index (χ2v) is 4.41. The number of aryl methyl sites for hydroxylation is 1. The summed E-state index contributed by atoms with van der Waals surface area (Å²) in [7, 11) is 0. The zero-order chi connectivity index (χ0) is 15.6. The third-order valence-corrected chi connectivity index (χ3v) is 2.98. The molecule has 21 heavy (non-hydrogen) atoms. The number of Topliss-reactive ketones (excluding diaryl/α,β-unsaturated/α-hetero) is 1. The molecule has 2 rings (SSSR count). The number of aromatic nitrogens is 1. The molecule has 108 valence electrons. The molecule has 0 radical (unpaired) electrons. The van der Waals surface area contributed by atoms with E-state index in [2.05, 4.69) is 4.98 Å². The Morgan fingerprint density at radius 1 is 1.33 bits per heavy atom. The maximum absolute atomic E-state index is 13.2. The van der Waals surface area contributed by atoms with E-state index in [0.717, 1.165) is 5.56 Å². The Hall–Kier alpha value is -2.70. The molecule has 0 aliphatic rings. The highest BCUT2D eigenvalue weighted by atomic mass is 19.2. The smallest absolute Gasteiger partial charge is 0.283 e. The highest BCUT2D eigenvalue weighted by Crippen LogP contribution is 2.24. The van der Waals surface area contributed by atoms with E-state index in [-0.39, 0.29) is 6.42 Å². The number of ketones is 1. The maximum Gasteiger partial charge on any atom is 0.283 e. The first-order valence-corrected chi connectivity index (χ1v) is 5.97. The molecule has 0 atom stereocenters. The number of hydrogen-bond acceptors (Lipinski definition) is 4. The largest absolute Gasteiger partial charge is 0.293 e. The summed E-state index contributed by atoms with van der Waals surface area (Å²) in [6, 6.07) is 4.38. The van der Waals surface area contributed by atoms with Crippen LogP contribution < -0.4 is 0 Å². The third kappa shape index (κ3) is 3.07. The maximum atomic E-state index is 13.2. The van der Waals surface area contributed by atoms with E-state index in [4.69, 9.17) is 0 Å². The van der Waals surface area contributed by atoms with Gasteiger partial charge in [-0.25, -0.2) is 8.78 Å². The van der Waals surface area contributed by atoms with Crippen LogP contribution in [0.25, 0.3) is 0 Å². The quantitative estimate of drug-likeness (QED) is 0.493. The van der Waals surface area contributed by atoms with Crippen molar-refractivity contribution in [3.8, 4) is 0 Å². The number of nitro benzene ring substituents is 1. The third-order valence-electron chi connectivity index (χ3n) is 2.98. The number of hydrogen-bond donors (Lipinski definition) is 0. The fourth-order valence-electron chi connectivity index (χ4n) is 1.86. The lowest BCUT2D eigenvalue weighted by atomic mass is 10.0. The average Bonchev–Trinajstić information content (AvgIpc) is 2.43. The second kappa shape index (κ2) is 5.74. The highest BCUT2D eigenvalue weighted by molar-refractivity contribution is 6.01. The van der Waals surface area contributed by atoms with Crippen LogP contribution in [-0.2, 0) is 6.42 Å². The van der Waals surface area contributed by atoms with Crippen molar-refractivity contribution in [2.75, 3.05) is 0 Å². The van der Waals surface area contributed by atoms with Gasteiger partial charge in [0.1, 0.15) is 0 Å². The highest BCUT2D eigenvalue weighted by Gasteiger charge is 2.24. The lowest BCUT2D eigenvalue weighted by molar-refractivity contribution is -0.385. The molecule has 0 fully saturated rings. The molecule has 0 saturated heterocycles. The number of carbonyl (C=O) groups is 1. The van der Waals surface area contributed by atoms with Crippen LogP contribution in [0.4, 0.5) is 14.5 Å². The Bertz CT molecular complexity index is 732. The van der Waals surface area contributed by atoms with Crippen LogP contribution in [0.3, 0.4) is 0 Å². The normalized spacial score (nSPS) is 10.4. The molecule has 0 spiro atoms. The fourth-order valence-corrected chi connectivity index (χ4v) is 1.86. The fraction of sp³-hybridized carbons (Fsp3) is 0.143. The first-order valence-electron chi connectivity index (χ1n) is 5.97. The van der Waals surface area contributed by atoms with Crippen LogP contribution in [-0.4, -0.2) is 15.7 Å². The van der Waals surface area contributed by atoms with Crippen LogP contribution in [0.5, 0.6) is 0 Å².